The lowest BCUT2D eigenvalue weighted by molar-refractivity contribution is 0.174. The smallest absolute Gasteiger partial charge is 0.261 e. The molecule has 2 aromatic rings. The fourth-order valence-electron chi connectivity index (χ4n) is 2.67. The molecule has 1 aromatic carbocycles. The van der Waals surface area contributed by atoms with Crippen LogP contribution in [0.1, 0.15) is 11.9 Å². The Kier molecular flexibility index (Phi) is 4.19. The van der Waals surface area contributed by atoms with Gasteiger partial charge in [-0.05, 0) is 19.2 Å². The lowest BCUT2D eigenvalue weighted by atomic mass is 10.1. The molecule has 1 fully saturated rings. The molecule has 2 aliphatic heterocycles. The maximum Gasteiger partial charge on any atom is 0.261 e. The van der Waals surface area contributed by atoms with Gasteiger partial charge in [0.2, 0.25) is 6.79 Å². The van der Waals surface area contributed by atoms with E-state index in [1.54, 1.807) is 0 Å². The molecule has 3 heterocycles. The van der Waals surface area contributed by atoms with Crippen molar-refractivity contribution in [1.82, 2.24) is 20.4 Å². The van der Waals surface area contributed by atoms with E-state index in [1.807, 2.05) is 18.2 Å². The van der Waals surface area contributed by atoms with Gasteiger partial charge in [0.25, 0.3) is 5.89 Å². The van der Waals surface area contributed by atoms with Crippen LogP contribution in [0.5, 0.6) is 11.5 Å². The molecule has 1 aromatic heterocycles. The number of ether oxygens (including phenoxy) is 2. The van der Waals surface area contributed by atoms with E-state index in [1.165, 1.54) is 0 Å². The molecule has 0 bridgehead atoms. The van der Waals surface area contributed by atoms with E-state index in [9.17, 15) is 0 Å². The van der Waals surface area contributed by atoms with Gasteiger partial charge in [0.15, 0.2) is 17.3 Å². The van der Waals surface area contributed by atoms with Crippen molar-refractivity contribution in [2.45, 2.75) is 6.04 Å². The summed E-state index contributed by atoms with van der Waals surface area (Å²) >= 11 is 0. The third kappa shape index (κ3) is 2.51. The van der Waals surface area contributed by atoms with Crippen molar-refractivity contribution < 1.29 is 14.0 Å². The predicted octanol–water partition coefficient (Wildman–Crippen LogP) is 1.46. The molecule has 118 valence electrons. The van der Waals surface area contributed by atoms with Crippen molar-refractivity contribution in [1.29, 1.82) is 0 Å². The van der Waals surface area contributed by atoms with Gasteiger partial charge in [-0.3, -0.25) is 4.90 Å². The fraction of sp³-hybridized carbons (Fsp3) is 0.429. The molecule has 0 amide bonds. The van der Waals surface area contributed by atoms with Crippen LogP contribution in [0.2, 0.25) is 0 Å². The Morgan fingerprint density at radius 3 is 3.09 bits per heavy atom. The average molecular weight is 325 g/mol. The Morgan fingerprint density at radius 2 is 2.23 bits per heavy atom. The van der Waals surface area contributed by atoms with Crippen LogP contribution in [0.3, 0.4) is 0 Å². The number of piperazine rings is 1. The van der Waals surface area contributed by atoms with Gasteiger partial charge < -0.3 is 19.3 Å². The van der Waals surface area contributed by atoms with Gasteiger partial charge in [0.05, 0.1) is 11.6 Å². The predicted molar refractivity (Wildman–Crippen MR) is 81.3 cm³/mol. The van der Waals surface area contributed by atoms with E-state index in [0.29, 0.717) is 23.2 Å². The molecule has 4 rings (SSSR count). The number of fused-ring (bicyclic) bond motifs is 1. The van der Waals surface area contributed by atoms with Gasteiger partial charge in [-0.2, -0.15) is 4.98 Å². The van der Waals surface area contributed by atoms with E-state index >= 15 is 0 Å². The van der Waals surface area contributed by atoms with E-state index < -0.39 is 0 Å². The van der Waals surface area contributed by atoms with Crippen LogP contribution in [-0.4, -0.2) is 48.5 Å². The molecule has 8 heteroatoms. The van der Waals surface area contributed by atoms with Crippen LogP contribution < -0.4 is 14.8 Å². The summed E-state index contributed by atoms with van der Waals surface area (Å²) in [6, 6.07) is 5.78. The summed E-state index contributed by atoms with van der Waals surface area (Å²) in [6.07, 6.45) is 0. The highest BCUT2D eigenvalue weighted by Gasteiger charge is 2.27. The first-order chi connectivity index (χ1) is 10.3. The van der Waals surface area contributed by atoms with Crippen LogP contribution in [0.4, 0.5) is 0 Å². The highest BCUT2D eigenvalue weighted by molar-refractivity contribution is 5.85. The molecule has 22 heavy (non-hydrogen) atoms. The molecule has 1 unspecified atom stereocenters. The number of halogens is 1. The Hall–Kier alpha value is -1.83. The van der Waals surface area contributed by atoms with Crippen molar-refractivity contribution in [3.8, 4) is 23.0 Å². The van der Waals surface area contributed by atoms with Gasteiger partial charge in [-0.25, -0.2) is 0 Å². The zero-order valence-electron chi connectivity index (χ0n) is 12.1. The van der Waals surface area contributed by atoms with Crippen LogP contribution in [0.15, 0.2) is 22.7 Å². The van der Waals surface area contributed by atoms with Gasteiger partial charge in [0, 0.05) is 19.6 Å². The number of hydrogen-bond donors (Lipinski definition) is 1. The summed E-state index contributed by atoms with van der Waals surface area (Å²) in [6.45, 7) is 2.99. The molecule has 0 radical (unpaired) electrons. The second-order valence-electron chi connectivity index (χ2n) is 5.20. The topological polar surface area (TPSA) is 72.7 Å². The summed E-state index contributed by atoms with van der Waals surface area (Å²) in [7, 11) is 2.07. The van der Waals surface area contributed by atoms with Crippen LogP contribution in [0.25, 0.3) is 11.5 Å². The number of rotatable bonds is 2. The maximum absolute atomic E-state index is 5.49. The monoisotopic (exact) mass is 324 g/mol. The molecule has 0 spiro atoms. The number of nitrogens with zero attached hydrogens (tertiary/aromatic N) is 3. The second kappa shape index (κ2) is 6.12. The minimum absolute atomic E-state index is 0. The van der Waals surface area contributed by atoms with Crippen LogP contribution >= 0.6 is 12.4 Å². The van der Waals surface area contributed by atoms with Crippen LogP contribution in [-0.2, 0) is 0 Å². The second-order valence-corrected chi connectivity index (χ2v) is 5.20. The zero-order valence-corrected chi connectivity index (χ0v) is 12.9. The first-order valence-corrected chi connectivity index (χ1v) is 6.96. The zero-order chi connectivity index (χ0) is 14.2. The van der Waals surface area contributed by atoms with Crippen molar-refractivity contribution >= 4 is 12.4 Å². The fourth-order valence-corrected chi connectivity index (χ4v) is 2.67. The molecule has 1 atom stereocenters. The first-order valence-electron chi connectivity index (χ1n) is 6.96. The average Bonchev–Trinajstić information content (AvgIpc) is 3.16. The molecule has 0 saturated carbocycles. The minimum atomic E-state index is 0. The van der Waals surface area contributed by atoms with Gasteiger partial charge in [-0.15, -0.1) is 12.4 Å². The number of aromatic nitrogens is 2. The van der Waals surface area contributed by atoms with Gasteiger partial charge in [-0.1, -0.05) is 11.2 Å². The third-order valence-electron chi connectivity index (χ3n) is 3.88. The van der Waals surface area contributed by atoms with E-state index in [0.717, 1.165) is 25.2 Å². The van der Waals surface area contributed by atoms with Crippen molar-refractivity contribution in [3.05, 3.63) is 24.0 Å². The summed E-state index contributed by atoms with van der Waals surface area (Å²) < 4.78 is 16.3. The van der Waals surface area contributed by atoms with E-state index in [2.05, 4.69) is 27.4 Å². The van der Waals surface area contributed by atoms with Crippen molar-refractivity contribution in [2.24, 2.45) is 0 Å². The number of nitrogens with one attached hydrogen (secondary N) is 1. The largest absolute Gasteiger partial charge is 0.454 e. The molecule has 0 aliphatic carbocycles. The molecule has 2 aliphatic rings. The molecular weight excluding hydrogens is 308 g/mol. The van der Waals surface area contributed by atoms with Crippen molar-refractivity contribution in [2.75, 3.05) is 33.5 Å². The standard InChI is InChI=1S/C14H16N4O3.ClH/c1-18-6-5-15-7-10(18)13-16-14(21-17-13)9-3-2-4-11-12(9)20-8-19-11;/h2-4,10,15H,5-8H2,1H3;1H. The molecule has 1 saturated heterocycles. The lowest BCUT2D eigenvalue weighted by Gasteiger charge is -2.30. The Balaban J connectivity index is 0.00000144. The SMILES string of the molecule is CN1CCNCC1c1noc(-c2cccc3c2OCO3)n1.Cl. The highest BCUT2D eigenvalue weighted by atomic mass is 35.5. The van der Waals surface area contributed by atoms with Crippen molar-refractivity contribution in [3.63, 3.8) is 0 Å². The number of hydrogen-bond acceptors (Lipinski definition) is 7. The Bertz CT molecular complexity index is 663. The first kappa shape index (κ1) is 15.1. The maximum atomic E-state index is 5.49. The van der Waals surface area contributed by atoms with Gasteiger partial charge in [0.1, 0.15) is 0 Å². The number of likely N-dealkylation sites (N-methyl/N-ethyl adjacent to an activating group) is 1. The summed E-state index contributed by atoms with van der Waals surface area (Å²) in [5.74, 6) is 2.54. The quantitative estimate of drug-likeness (QED) is 0.896. The summed E-state index contributed by atoms with van der Waals surface area (Å²) in [4.78, 5) is 6.76. The van der Waals surface area contributed by atoms with Gasteiger partial charge >= 0.3 is 0 Å². The molecule has 7 nitrogen and oxygen atoms in total. The molecule has 1 N–H and O–H groups in total. The Morgan fingerprint density at radius 1 is 1.32 bits per heavy atom. The summed E-state index contributed by atoms with van der Waals surface area (Å²) in [5, 5.41) is 7.47. The van der Waals surface area contributed by atoms with E-state index in [-0.39, 0.29) is 25.2 Å². The number of para-hydroxylation sites is 1. The third-order valence-corrected chi connectivity index (χ3v) is 3.88. The Labute approximate surface area is 134 Å². The molecular formula is C14H17ClN4O3. The highest BCUT2D eigenvalue weighted by Crippen LogP contribution is 2.40. The number of benzene rings is 1. The van der Waals surface area contributed by atoms with Crippen LogP contribution in [0, 0.1) is 0 Å². The normalized spacial score (nSPS) is 20.7. The minimum Gasteiger partial charge on any atom is -0.454 e. The van der Waals surface area contributed by atoms with E-state index in [4.69, 9.17) is 14.0 Å². The lowest BCUT2D eigenvalue weighted by Crippen LogP contribution is -2.44. The summed E-state index contributed by atoms with van der Waals surface area (Å²) in [5.41, 5.74) is 0.773.